The highest BCUT2D eigenvalue weighted by atomic mass is 32.2. The predicted molar refractivity (Wildman–Crippen MR) is 138 cm³/mol. The van der Waals surface area contributed by atoms with Crippen molar-refractivity contribution < 1.29 is 4.43 Å². The van der Waals surface area contributed by atoms with Crippen LogP contribution in [0.3, 0.4) is 0 Å². The molecule has 1 fully saturated rings. The molecule has 1 aliphatic rings. The molecule has 1 aliphatic carbocycles. The Kier molecular flexibility index (Phi) is 8.28. The molecule has 0 radical (unpaired) electrons. The van der Waals surface area contributed by atoms with Crippen molar-refractivity contribution in [3.05, 3.63) is 41.6 Å². The van der Waals surface area contributed by atoms with Crippen molar-refractivity contribution in [3.8, 4) is 11.3 Å². The summed E-state index contributed by atoms with van der Waals surface area (Å²) >= 11 is 1.78. The van der Waals surface area contributed by atoms with Crippen LogP contribution >= 0.6 is 11.8 Å². The van der Waals surface area contributed by atoms with E-state index in [4.69, 9.17) is 9.52 Å². The van der Waals surface area contributed by atoms with Crippen molar-refractivity contribution in [2.24, 2.45) is 0 Å². The van der Waals surface area contributed by atoms with Crippen molar-refractivity contribution >= 4 is 26.2 Å². The average Bonchev–Trinajstić information content (AvgIpc) is 3.17. The van der Waals surface area contributed by atoms with Gasteiger partial charge < -0.3 is 4.43 Å². The van der Waals surface area contributed by atoms with Gasteiger partial charge in [-0.05, 0) is 73.3 Å². The Morgan fingerprint density at radius 2 is 1.81 bits per heavy atom. The zero-order valence-electron chi connectivity index (χ0n) is 20.3. The Bertz CT molecular complexity index is 859. The lowest BCUT2D eigenvalue weighted by molar-refractivity contribution is 0.294. The number of hydrogen-bond donors (Lipinski definition) is 1. The third-order valence-corrected chi connectivity index (χ3v) is 12.3. The summed E-state index contributed by atoms with van der Waals surface area (Å²) in [6, 6.07) is 8.87. The van der Waals surface area contributed by atoms with Crippen LogP contribution in [0.1, 0.15) is 76.5 Å². The molecule has 0 aliphatic heterocycles. The quantitative estimate of drug-likeness (QED) is 0.247. The first-order chi connectivity index (χ1) is 14.7. The zero-order chi connectivity index (χ0) is 22.5. The lowest BCUT2D eigenvalue weighted by Gasteiger charge is -2.36. The Morgan fingerprint density at radius 3 is 2.42 bits per heavy atom. The van der Waals surface area contributed by atoms with Crippen molar-refractivity contribution in [2.45, 2.75) is 88.2 Å². The monoisotopic (exact) mass is 456 g/mol. The van der Waals surface area contributed by atoms with Gasteiger partial charge in [0, 0.05) is 17.1 Å². The lowest BCUT2D eigenvalue weighted by Crippen LogP contribution is -2.40. The first-order valence-corrected chi connectivity index (χ1v) is 15.9. The maximum absolute atomic E-state index is 6.33. The summed E-state index contributed by atoms with van der Waals surface area (Å²) in [6.45, 7) is 12.3. The molecule has 2 aromatic rings. The van der Waals surface area contributed by atoms with Crippen molar-refractivity contribution in [2.75, 3.05) is 12.9 Å². The van der Waals surface area contributed by atoms with Crippen LogP contribution in [0, 0.1) is 0 Å². The van der Waals surface area contributed by atoms with Gasteiger partial charge in [-0.25, -0.2) is 0 Å². The topological polar surface area (TPSA) is 37.9 Å². The van der Waals surface area contributed by atoms with Gasteiger partial charge >= 0.3 is 0 Å². The van der Waals surface area contributed by atoms with E-state index in [-0.39, 0.29) is 5.04 Å². The van der Waals surface area contributed by atoms with Crippen LogP contribution in [0.2, 0.25) is 18.1 Å². The third-order valence-electron chi connectivity index (χ3n) is 7.05. The highest BCUT2D eigenvalue weighted by molar-refractivity contribution is 7.98. The third kappa shape index (κ3) is 6.14. The number of benzene rings is 1. The second-order valence-corrected chi connectivity index (χ2v) is 15.9. The minimum absolute atomic E-state index is 0.258. The van der Waals surface area contributed by atoms with Crippen molar-refractivity contribution in [1.29, 1.82) is 0 Å². The summed E-state index contributed by atoms with van der Waals surface area (Å²) in [7, 11) is -1.68. The summed E-state index contributed by atoms with van der Waals surface area (Å²) in [4.78, 5) is 1.30. The molecule has 3 nitrogen and oxygen atoms in total. The fourth-order valence-electron chi connectivity index (χ4n) is 4.07. The highest BCUT2D eigenvalue weighted by Gasteiger charge is 2.36. The van der Waals surface area contributed by atoms with E-state index >= 15 is 0 Å². The fraction of sp³-hybridized carbons (Fsp3) is 0.577. The second kappa shape index (κ2) is 10.5. The number of H-pyrrole nitrogens is 1. The van der Waals surface area contributed by atoms with Gasteiger partial charge in [0.25, 0.3) is 0 Å². The van der Waals surface area contributed by atoms with Gasteiger partial charge in [0.05, 0.1) is 11.4 Å². The van der Waals surface area contributed by atoms with Gasteiger partial charge in [-0.15, -0.1) is 11.8 Å². The number of nitrogens with zero attached hydrogens (tertiary/aromatic N) is 1. The molecular formula is C26H40N2OSSi. The van der Waals surface area contributed by atoms with E-state index in [0.717, 1.165) is 18.7 Å². The number of nitrogens with one attached hydrogen (secondary N) is 1. The average molecular weight is 457 g/mol. The van der Waals surface area contributed by atoms with Crippen molar-refractivity contribution in [1.82, 2.24) is 10.2 Å². The molecule has 1 aromatic carbocycles. The van der Waals surface area contributed by atoms with Gasteiger partial charge in [-0.1, -0.05) is 58.2 Å². The van der Waals surface area contributed by atoms with Crippen LogP contribution in [0.15, 0.2) is 35.2 Å². The molecule has 0 unspecified atom stereocenters. The largest absolute Gasteiger partial charge is 0.417 e. The van der Waals surface area contributed by atoms with E-state index in [1.807, 2.05) is 0 Å². The number of hydrogen-bond acceptors (Lipinski definition) is 3. The molecule has 5 heteroatoms. The summed E-state index contributed by atoms with van der Waals surface area (Å²) in [5, 5.41) is 8.38. The van der Waals surface area contributed by atoms with E-state index in [0.29, 0.717) is 5.92 Å². The standard InChI is InChI=1S/C26H40N2OSSi/c1-26(2,3)31(5,6)29-19-11-10-14-23-24(20-12-8-7-9-13-20)25(28-27-23)21-15-17-22(30-4)18-16-21/h10,14-18,20H,7-9,11-13,19H2,1-6H3,(H,27,28)/b14-10+. The summed E-state index contributed by atoms with van der Waals surface area (Å²) in [5.41, 5.74) is 4.98. The maximum Gasteiger partial charge on any atom is 0.191 e. The minimum atomic E-state index is -1.68. The molecule has 1 N–H and O–H groups in total. The molecule has 1 heterocycles. The smallest absolute Gasteiger partial charge is 0.191 e. The number of aromatic nitrogens is 2. The molecule has 0 saturated heterocycles. The van der Waals surface area contributed by atoms with E-state index < -0.39 is 8.32 Å². The first-order valence-electron chi connectivity index (χ1n) is 11.8. The molecule has 0 atom stereocenters. The predicted octanol–water partition coefficient (Wildman–Crippen LogP) is 8.27. The van der Waals surface area contributed by atoms with Crippen LogP contribution in [0.4, 0.5) is 0 Å². The first kappa shape index (κ1) is 24.3. The molecule has 1 saturated carbocycles. The van der Waals surface area contributed by atoms with Crippen LogP contribution in [-0.4, -0.2) is 31.4 Å². The molecular weight excluding hydrogens is 416 g/mol. The fourth-order valence-corrected chi connectivity index (χ4v) is 5.54. The summed E-state index contributed by atoms with van der Waals surface area (Å²) in [6.07, 6.45) is 14.1. The molecule has 1 aromatic heterocycles. The van der Waals surface area contributed by atoms with Gasteiger partial charge in [-0.3, -0.25) is 5.10 Å². The normalized spacial score (nSPS) is 16.3. The summed E-state index contributed by atoms with van der Waals surface area (Å²) in [5.74, 6) is 0.603. The van der Waals surface area contributed by atoms with Gasteiger partial charge in [-0.2, -0.15) is 5.10 Å². The van der Waals surface area contributed by atoms with Crippen LogP contribution < -0.4 is 0 Å². The van der Waals surface area contributed by atoms with Gasteiger partial charge in [0.2, 0.25) is 0 Å². The number of thioether (sulfide) groups is 1. The van der Waals surface area contributed by atoms with E-state index in [1.165, 1.54) is 53.8 Å². The minimum Gasteiger partial charge on any atom is -0.417 e. The Hall–Kier alpha value is -1.30. The van der Waals surface area contributed by atoms with Crippen molar-refractivity contribution in [3.63, 3.8) is 0 Å². The highest BCUT2D eigenvalue weighted by Crippen LogP contribution is 2.40. The number of aromatic amines is 1. The van der Waals surface area contributed by atoms with Crippen LogP contribution in [0.5, 0.6) is 0 Å². The van der Waals surface area contributed by atoms with Crippen LogP contribution in [-0.2, 0) is 4.43 Å². The lowest BCUT2D eigenvalue weighted by atomic mass is 9.82. The number of rotatable bonds is 8. The molecule has 3 rings (SSSR count). The molecule has 0 bridgehead atoms. The Labute approximate surface area is 194 Å². The van der Waals surface area contributed by atoms with E-state index in [2.05, 4.69) is 81.6 Å². The Balaban J connectivity index is 1.76. The maximum atomic E-state index is 6.33. The van der Waals surface area contributed by atoms with Gasteiger partial charge in [0.15, 0.2) is 8.32 Å². The molecule has 0 amide bonds. The van der Waals surface area contributed by atoms with E-state index in [9.17, 15) is 0 Å². The summed E-state index contributed by atoms with van der Waals surface area (Å²) < 4.78 is 6.33. The van der Waals surface area contributed by atoms with Crippen LogP contribution in [0.25, 0.3) is 17.3 Å². The second-order valence-electron chi connectivity index (χ2n) is 10.3. The van der Waals surface area contributed by atoms with E-state index in [1.54, 1.807) is 11.8 Å². The molecule has 170 valence electrons. The SMILES string of the molecule is CSc1ccc(-c2[nH]nc(/C=C/CCO[Si](C)(C)C(C)(C)C)c2C2CCCCC2)cc1. The molecule has 31 heavy (non-hydrogen) atoms. The van der Waals surface area contributed by atoms with Gasteiger partial charge in [0.1, 0.15) is 0 Å². The molecule has 0 spiro atoms. The Morgan fingerprint density at radius 1 is 1.13 bits per heavy atom. The zero-order valence-corrected chi connectivity index (χ0v) is 22.1.